The molecule has 2 saturated heterocycles. The van der Waals surface area contributed by atoms with E-state index in [0.29, 0.717) is 18.9 Å². The molecule has 2 fully saturated rings. The van der Waals surface area contributed by atoms with Crippen LogP contribution in [0.2, 0.25) is 0 Å². The molecule has 2 aliphatic heterocycles. The summed E-state index contributed by atoms with van der Waals surface area (Å²) >= 11 is 0. The van der Waals surface area contributed by atoms with Crippen LogP contribution in [0.25, 0.3) is 55.1 Å². The zero-order valence-electron chi connectivity index (χ0n) is 32.2. The SMILES string of the molecule is COC(=O)N[C@H](C(=O)N1CCC[C@H]1c1nc2ccc(-c3ccc4ccc(-c5ccc6nc([C@@H]7CCCN7C(=O)CC(C)C)[nH]c6c5)cc4c3)cc2[nH]1)C(C)C. The summed E-state index contributed by atoms with van der Waals surface area (Å²) in [6.07, 6.45) is 3.52. The smallest absolute Gasteiger partial charge is 0.407 e. The van der Waals surface area contributed by atoms with Crippen LogP contribution < -0.4 is 5.32 Å². The summed E-state index contributed by atoms with van der Waals surface area (Å²) in [7, 11) is 1.30. The molecule has 3 atom stereocenters. The van der Waals surface area contributed by atoms with Crippen molar-refractivity contribution in [3.05, 3.63) is 84.4 Å². The quantitative estimate of drug-likeness (QED) is 0.136. The van der Waals surface area contributed by atoms with Crippen molar-refractivity contribution in [1.29, 1.82) is 0 Å². The van der Waals surface area contributed by atoms with Gasteiger partial charge in [-0.1, -0.05) is 64.1 Å². The number of aromatic nitrogens is 4. The van der Waals surface area contributed by atoms with E-state index < -0.39 is 12.1 Å². The van der Waals surface area contributed by atoms with E-state index in [1.165, 1.54) is 7.11 Å². The number of aromatic amines is 2. The van der Waals surface area contributed by atoms with Crippen molar-refractivity contribution < 1.29 is 19.1 Å². The van der Waals surface area contributed by atoms with Gasteiger partial charge in [0.25, 0.3) is 0 Å². The highest BCUT2D eigenvalue weighted by atomic mass is 16.5. The first kappa shape index (κ1) is 36.3. The number of benzene rings is 4. The van der Waals surface area contributed by atoms with E-state index in [2.05, 4.69) is 95.9 Å². The number of likely N-dealkylation sites (tertiary alicyclic amines) is 2. The van der Waals surface area contributed by atoms with Gasteiger partial charge in [0.05, 0.1) is 41.3 Å². The molecule has 0 aliphatic carbocycles. The molecule has 4 aromatic carbocycles. The normalized spacial score (nSPS) is 17.9. The lowest BCUT2D eigenvalue weighted by Gasteiger charge is -2.29. The molecule has 11 heteroatoms. The van der Waals surface area contributed by atoms with E-state index in [1.54, 1.807) is 0 Å². The van der Waals surface area contributed by atoms with Gasteiger partial charge in [-0.3, -0.25) is 9.59 Å². The summed E-state index contributed by atoms with van der Waals surface area (Å²) in [4.78, 5) is 59.4. The van der Waals surface area contributed by atoms with Crippen molar-refractivity contribution in [3.8, 4) is 22.3 Å². The monoisotopic (exact) mass is 739 g/mol. The molecule has 0 radical (unpaired) electrons. The number of methoxy groups -OCH3 is 1. The average Bonchev–Trinajstić information content (AvgIpc) is 4.00. The van der Waals surface area contributed by atoms with Crippen LogP contribution in [0.4, 0.5) is 4.79 Å². The molecule has 284 valence electrons. The van der Waals surface area contributed by atoms with Crippen molar-refractivity contribution in [2.24, 2.45) is 11.8 Å². The van der Waals surface area contributed by atoms with Crippen LogP contribution >= 0.6 is 0 Å². The number of hydrogen-bond donors (Lipinski definition) is 3. The second kappa shape index (κ2) is 14.8. The lowest BCUT2D eigenvalue weighted by Crippen LogP contribution is -2.51. The van der Waals surface area contributed by atoms with Crippen LogP contribution in [-0.4, -0.2) is 73.9 Å². The Morgan fingerprint density at radius 3 is 1.76 bits per heavy atom. The van der Waals surface area contributed by atoms with Gasteiger partial charge < -0.3 is 29.8 Å². The lowest BCUT2D eigenvalue weighted by molar-refractivity contribution is -0.135. The minimum absolute atomic E-state index is 0.00492. The highest BCUT2D eigenvalue weighted by molar-refractivity contribution is 5.93. The Labute approximate surface area is 320 Å². The predicted octanol–water partition coefficient (Wildman–Crippen LogP) is 8.68. The third-order valence-corrected chi connectivity index (χ3v) is 11.2. The topological polar surface area (TPSA) is 136 Å². The fourth-order valence-electron chi connectivity index (χ4n) is 8.35. The average molecular weight is 740 g/mol. The number of carbonyl (C=O) groups excluding carboxylic acids is 3. The van der Waals surface area contributed by atoms with Crippen LogP contribution in [0.15, 0.2) is 72.8 Å². The highest BCUT2D eigenvalue weighted by Crippen LogP contribution is 2.36. The Balaban J connectivity index is 1.03. The van der Waals surface area contributed by atoms with Crippen LogP contribution in [0.5, 0.6) is 0 Å². The van der Waals surface area contributed by atoms with Gasteiger partial charge in [-0.2, -0.15) is 0 Å². The maximum Gasteiger partial charge on any atom is 0.407 e. The van der Waals surface area contributed by atoms with E-state index >= 15 is 0 Å². The molecule has 3 N–H and O–H groups in total. The molecule has 3 amide bonds. The number of ether oxygens (including phenoxy) is 1. The Kier molecular flexibility index (Phi) is 9.79. The Morgan fingerprint density at radius 2 is 1.24 bits per heavy atom. The zero-order chi connectivity index (χ0) is 38.4. The Bertz CT molecular complexity index is 2410. The van der Waals surface area contributed by atoms with Gasteiger partial charge in [0, 0.05) is 19.5 Å². The first-order valence-electron chi connectivity index (χ1n) is 19.5. The molecule has 0 unspecified atom stereocenters. The number of alkyl carbamates (subject to hydrolysis) is 1. The first-order chi connectivity index (χ1) is 26.6. The number of imidazole rings is 2. The fraction of sp³-hybridized carbons (Fsp3) is 0.386. The van der Waals surface area contributed by atoms with Crippen LogP contribution in [-0.2, 0) is 14.3 Å². The molecular formula is C44H49N7O4. The molecule has 0 spiro atoms. The molecule has 11 nitrogen and oxygen atoms in total. The Hall–Kier alpha value is -5.71. The summed E-state index contributed by atoms with van der Waals surface area (Å²) < 4.78 is 4.79. The fourth-order valence-corrected chi connectivity index (χ4v) is 8.35. The molecule has 8 rings (SSSR count). The maximum absolute atomic E-state index is 13.7. The number of hydrogen-bond acceptors (Lipinski definition) is 6. The number of H-pyrrole nitrogens is 2. The number of nitrogens with one attached hydrogen (secondary N) is 3. The van der Waals surface area contributed by atoms with Gasteiger partial charge in [-0.15, -0.1) is 0 Å². The van der Waals surface area contributed by atoms with Gasteiger partial charge in [0.2, 0.25) is 11.8 Å². The van der Waals surface area contributed by atoms with Gasteiger partial charge in [0.1, 0.15) is 17.7 Å². The Morgan fingerprint density at radius 1 is 0.727 bits per heavy atom. The van der Waals surface area contributed by atoms with Gasteiger partial charge in [0.15, 0.2) is 0 Å². The second-order valence-corrected chi connectivity index (χ2v) is 15.9. The van der Waals surface area contributed by atoms with Crippen LogP contribution in [0.3, 0.4) is 0 Å². The molecule has 0 bridgehead atoms. The van der Waals surface area contributed by atoms with Crippen LogP contribution in [0, 0.1) is 11.8 Å². The van der Waals surface area contributed by atoms with Crippen molar-refractivity contribution in [2.45, 2.75) is 77.9 Å². The summed E-state index contributed by atoms with van der Waals surface area (Å²) in [5, 5.41) is 5.01. The van der Waals surface area contributed by atoms with Crippen molar-refractivity contribution in [2.75, 3.05) is 20.2 Å². The minimum atomic E-state index is -0.681. The summed E-state index contributed by atoms with van der Waals surface area (Å²) in [5.74, 6) is 1.93. The lowest BCUT2D eigenvalue weighted by atomic mass is 9.97. The van der Waals surface area contributed by atoms with E-state index in [9.17, 15) is 14.4 Å². The second-order valence-electron chi connectivity index (χ2n) is 15.9. The van der Waals surface area contributed by atoms with E-state index in [0.717, 1.165) is 99.0 Å². The van der Waals surface area contributed by atoms with Crippen molar-refractivity contribution in [3.63, 3.8) is 0 Å². The standard InChI is InChI=1S/C44H49N7O4/c1-25(2)20-39(52)50-18-6-8-37(50)41-45-33-16-14-30(23-35(33)47-41)28-12-10-27-11-13-29(22-32(27)21-28)31-15-17-34-36(24-31)48-42(46-34)38-9-7-19-51(38)43(53)40(26(3)4)49-44(54)55-5/h10-17,21-26,37-38,40H,6-9,18-20H2,1-5H3,(H,45,47)(H,46,48)(H,49,54)/t37-,38-,40-/m0/s1. The van der Waals surface area contributed by atoms with Crippen LogP contribution in [0.1, 0.15) is 83.5 Å². The van der Waals surface area contributed by atoms with E-state index in [-0.39, 0.29) is 29.8 Å². The van der Waals surface area contributed by atoms with Gasteiger partial charge in [-0.05, 0) is 107 Å². The third kappa shape index (κ3) is 7.15. The third-order valence-electron chi connectivity index (χ3n) is 11.2. The number of carbonyl (C=O) groups is 3. The largest absolute Gasteiger partial charge is 0.453 e. The van der Waals surface area contributed by atoms with Gasteiger partial charge in [-0.25, -0.2) is 14.8 Å². The number of nitrogens with zero attached hydrogens (tertiary/aromatic N) is 4. The molecular weight excluding hydrogens is 691 g/mol. The molecule has 2 aliphatic rings. The van der Waals surface area contributed by atoms with E-state index in [4.69, 9.17) is 14.7 Å². The number of amides is 3. The first-order valence-corrected chi connectivity index (χ1v) is 19.5. The van der Waals surface area contributed by atoms with Gasteiger partial charge >= 0.3 is 6.09 Å². The molecule has 2 aromatic heterocycles. The van der Waals surface area contributed by atoms with E-state index in [1.807, 2.05) is 29.7 Å². The summed E-state index contributed by atoms with van der Waals surface area (Å²) in [6, 6.07) is 24.8. The maximum atomic E-state index is 13.7. The molecule has 0 saturated carbocycles. The van der Waals surface area contributed by atoms with Crippen molar-refractivity contribution in [1.82, 2.24) is 35.1 Å². The molecule has 6 aromatic rings. The minimum Gasteiger partial charge on any atom is -0.453 e. The van der Waals surface area contributed by atoms with Crippen molar-refractivity contribution >= 4 is 50.7 Å². The zero-order valence-corrected chi connectivity index (χ0v) is 32.2. The molecule has 55 heavy (non-hydrogen) atoms. The number of fused-ring (bicyclic) bond motifs is 3. The summed E-state index contributed by atoms with van der Waals surface area (Å²) in [6.45, 7) is 9.40. The summed E-state index contributed by atoms with van der Waals surface area (Å²) in [5.41, 5.74) is 8.00. The molecule has 4 heterocycles. The highest BCUT2D eigenvalue weighted by Gasteiger charge is 2.38. The predicted molar refractivity (Wildman–Crippen MR) is 215 cm³/mol. The number of rotatable bonds is 9.